The number of carbonyl (C=O) groups excluding carboxylic acids is 1. The van der Waals surface area contributed by atoms with Gasteiger partial charge in [-0.25, -0.2) is 4.39 Å². The van der Waals surface area contributed by atoms with E-state index in [-0.39, 0.29) is 24.1 Å². The van der Waals surface area contributed by atoms with Crippen LogP contribution in [0.15, 0.2) is 36.4 Å². The maximum absolute atomic E-state index is 14.5. The van der Waals surface area contributed by atoms with Gasteiger partial charge < -0.3 is 19.9 Å². The van der Waals surface area contributed by atoms with E-state index in [9.17, 15) is 9.18 Å². The molecule has 0 aliphatic carbocycles. The number of amides is 1. The Kier molecular flexibility index (Phi) is 6.27. The van der Waals surface area contributed by atoms with Gasteiger partial charge in [-0.15, -0.1) is 12.4 Å². The summed E-state index contributed by atoms with van der Waals surface area (Å²) < 4.78 is 20.7. The molecule has 1 saturated heterocycles. The summed E-state index contributed by atoms with van der Waals surface area (Å²) in [7, 11) is 0. The first-order valence-electron chi connectivity index (χ1n) is 9.40. The summed E-state index contributed by atoms with van der Waals surface area (Å²) in [5, 5.41) is 3.93. The third-order valence-corrected chi connectivity index (χ3v) is 5.39. The average molecular weight is 440 g/mol. The highest BCUT2D eigenvalue weighted by molar-refractivity contribution is 6.30. The second kappa shape index (κ2) is 8.38. The quantitative estimate of drug-likeness (QED) is 0.784. The van der Waals surface area contributed by atoms with Gasteiger partial charge in [0, 0.05) is 43.3 Å². The molecule has 29 heavy (non-hydrogen) atoms. The second-order valence-electron chi connectivity index (χ2n) is 7.64. The van der Waals surface area contributed by atoms with Crippen LogP contribution in [0.1, 0.15) is 19.4 Å². The number of piperazine rings is 1. The van der Waals surface area contributed by atoms with Crippen LogP contribution in [0.4, 0.5) is 15.8 Å². The number of nitrogens with zero attached hydrogens (tertiary/aromatic N) is 2. The molecule has 0 bridgehead atoms. The van der Waals surface area contributed by atoms with Crippen LogP contribution in [-0.4, -0.2) is 37.7 Å². The van der Waals surface area contributed by atoms with Crippen molar-refractivity contribution in [3.05, 3.63) is 52.8 Å². The molecular formula is C21H24Cl2FN3O2. The summed E-state index contributed by atoms with van der Waals surface area (Å²) in [4.78, 5) is 16.8. The number of rotatable bonds is 3. The minimum absolute atomic E-state index is 0. The number of halogens is 3. The van der Waals surface area contributed by atoms with Crippen molar-refractivity contribution in [1.29, 1.82) is 0 Å². The Hall–Kier alpha value is -2.02. The predicted octanol–water partition coefficient (Wildman–Crippen LogP) is 4.01. The summed E-state index contributed by atoms with van der Waals surface area (Å²) in [6.45, 7) is 6.97. The van der Waals surface area contributed by atoms with E-state index in [2.05, 4.69) is 10.2 Å². The van der Waals surface area contributed by atoms with Crippen molar-refractivity contribution >= 4 is 41.3 Å². The van der Waals surface area contributed by atoms with Crippen LogP contribution in [0.3, 0.4) is 0 Å². The van der Waals surface area contributed by atoms with E-state index in [0.717, 1.165) is 31.7 Å². The molecule has 0 unspecified atom stereocenters. The van der Waals surface area contributed by atoms with Gasteiger partial charge in [-0.1, -0.05) is 23.7 Å². The SMILES string of the molecule is CC1(C)Oc2c(N3CCNCC3)cc(F)cc2N(Cc2ccc(Cl)cc2)C1=O.Cl. The lowest BCUT2D eigenvalue weighted by molar-refractivity contribution is -0.132. The Morgan fingerprint density at radius 3 is 2.41 bits per heavy atom. The number of hydrogen-bond acceptors (Lipinski definition) is 4. The number of hydrogen-bond donors (Lipinski definition) is 1. The molecule has 1 amide bonds. The first-order valence-corrected chi connectivity index (χ1v) is 9.77. The zero-order valence-corrected chi connectivity index (χ0v) is 17.9. The number of nitrogens with one attached hydrogen (secondary N) is 1. The van der Waals surface area contributed by atoms with Gasteiger partial charge in [-0.3, -0.25) is 4.79 Å². The first kappa shape index (κ1) is 21.7. The Morgan fingerprint density at radius 1 is 1.14 bits per heavy atom. The van der Waals surface area contributed by atoms with E-state index >= 15 is 0 Å². The highest BCUT2D eigenvalue weighted by Crippen LogP contribution is 2.45. The Labute approximate surface area is 181 Å². The lowest BCUT2D eigenvalue weighted by atomic mass is 10.0. The van der Waals surface area contributed by atoms with Crippen LogP contribution in [0.5, 0.6) is 5.75 Å². The summed E-state index contributed by atoms with van der Waals surface area (Å²) in [6, 6.07) is 10.2. The van der Waals surface area contributed by atoms with Crippen LogP contribution in [0.25, 0.3) is 0 Å². The normalized spacial score (nSPS) is 18.0. The van der Waals surface area contributed by atoms with Crippen molar-refractivity contribution in [3.8, 4) is 5.75 Å². The van der Waals surface area contributed by atoms with E-state index in [1.807, 2.05) is 12.1 Å². The molecule has 2 aliphatic rings. The van der Waals surface area contributed by atoms with Gasteiger partial charge in [-0.05, 0) is 31.5 Å². The van der Waals surface area contributed by atoms with Crippen LogP contribution in [0.2, 0.25) is 5.02 Å². The standard InChI is InChI=1S/C21H23ClFN3O2.ClH/c1-21(2)20(27)26(13-14-3-5-15(22)6-4-14)18-12-16(23)11-17(19(18)28-21)25-9-7-24-8-10-25;/h3-6,11-12,24H,7-10,13H2,1-2H3;1H. The molecule has 5 nitrogen and oxygen atoms in total. The van der Waals surface area contributed by atoms with E-state index in [1.54, 1.807) is 30.9 Å². The van der Waals surface area contributed by atoms with E-state index in [1.165, 1.54) is 12.1 Å². The molecule has 1 N–H and O–H groups in total. The third-order valence-electron chi connectivity index (χ3n) is 5.13. The summed E-state index contributed by atoms with van der Waals surface area (Å²) in [5.41, 5.74) is 1.03. The van der Waals surface area contributed by atoms with Crippen LogP contribution in [-0.2, 0) is 11.3 Å². The fraction of sp³-hybridized carbons (Fsp3) is 0.381. The van der Waals surface area contributed by atoms with Crippen molar-refractivity contribution < 1.29 is 13.9 Å². The van der Waals surface area contributed by atoms with Gasteiger partial charge in [0.2, 0.25) is 0 Å². The molecule has 0 spiro atoms. The van der Waals surface area contributed by atoms with Crippen molar-refractivity contribution in [2.45, 2.75) is 26.0 Å². The minimum Gasteiger partial charge on any atom is -0.474 e. The molecule has 0 radical (unpaired) electrons. The van der Waals surface area contributed by atoms with E-state index in [4.69, 9.17) is 16.3 Å². The molecule has 2 aromatic rings. The zero-order chi connectivity index (χ0) is 19.9. The predicted molar refractivity (Wildman–Crippen MR) is 116 cm³/mol. The van der Waals surface area contributed by atoms with Crippen molar-refractivity contribution in [1.82, 2.24) is 5.32 Å². The third kappa shape index (κ3) is 4.29. The van der Waals surface area contributed by atoms with Crippen molar-refractivity contribution in [2.24, 2.45) is 0 Å². The number of carbonyl (C=O) groups is 1. The average Bonchev–Trinajstić information content (AvgIpc) is 2.68. The first-order chi connectivity index (χ1) is 13.3. The van der Waals surface area contributed by atoms with E-state index in [0.29, 0.717) is 28.7 Å². The fourth-order valence-electron chi connectivity index (χ4n) is 3.67. The monoisotopic (exact) mass is 439 g/mol. The highest BCUT2D eigenvalue weighted by atomic mass is 35.5. The maximum atomic E-state index is 14.5. The molecule has 4 rings (SSSR count). The number of fused-ring (bicyclic) bond motifs is 1. The molecule has 2 aliphatic heterocycles. The summed E-state index contributed by atoms with van der Waals surface area (Å²) in [6.07, 6.45) is 0. The van der Waals surface area contributed by atoms with E-state index < -0.39 is 5.60 Å². The fourth-order valence-corrected chi connectivity index (χ4v) is 3.80. The van der Waals surface area contributed by atoms with Crippen LogP contribution in [0, 0.1) is 5.82 Å². The van der Waals surface area contributed by atoms with Crippen molar-refractivity contribution in [2.75, 3.05) is 36.0 Å². The molecule has 2 heterocycles. The summed E-state index contributed by atoms with van der Waals surface area (Å²) in [5.74, 6) is -0.0295. The van der Waals surface area contributed by atoms with Crippen LogP contribution >= 0.6 is 24.0 Å². The molecule has 0 saturated carbocycles. The van der Waals surface area contributed by atoms with Gasteiger partial charge in [0.15, 0.2) is 11.4 Å². The Morgan fingerprint density at radius 2 is 1.76 bits per heavy atom. The largest absolute Gasteiger partial charge is 0.474 e. The molecule has 156 valence electrons. The zero-order valence-electron chi connectivity index (χ0n) is 16.4. The lowest BCUT2D eigenvalue weighted by Crippen LogP contribution is -2.53. The lowest BCUT2D eigenvalue weighted by Gasteiger charge is -2.41. The van der Waals surface area contributed by atoms with Gasteiger partial charge in [-0.2, -0.15) is 0 Å². The topological polar surface area (TPSA) is 44.8 Å². The molecule has 0 aromatic heterocycles. The minimum atomic E-state index is -1.04. The second-order valence-corrected chi connectivity index (χ2v) is 8.08. The van der Waals surface area contributed by atoms with Crippen molar-refractivity contribution in [3.63, 3.8) is 0 Å². The number of ether oxygens (including phenoxy) is 1. The van der Waals surface area contributed by atoms with Gasteiger partial charge in [0.05, 0.1) is 17.9 Å². The molecule has 0 atom stereocenters. The highest BCUT2D eigenvalue weighted by Gasteiger charge is 2.43. The molecule has 8 heteroatoms. The van der Waals surface area contributed by atoms with Gasteiger partial charge in [0.25, 0.3) is 5.91 Å². The van der Waals surface area contributed by atoms with Crippen LogP contribution < -0.4 is 19.9 Å². The Balaban J connectivity index is 0.00000240. The summed E-state index contributed by atoms with van der Waals surface area (Å²) >= 11 is 5.98. The van der Waals surface area contributed by atoms with Gasteiger partial charge >= 0.3 is 0 Å². The Bertz CT molecular complexity index is 900. The number of anilines is 2. The molecule has 1 fully saturated rings. The smallest absolute Gasteiger partial charge is 0.271 e. The molecular weight excluding hydrogens is 416 g/mol. The molecule has 2 aromatic carbocycles. The van der Waals surface area contributed by atoms with Gasteiger partial charge in [0.1, 0.15) is 5.82 Å². The number of benzene rings is 2. The maximum Gasteiger partial charge on any atom is 0.271 e.